The topological polar surface area (TPSA) is 148 Å². The number of likely N-dealkylation sites (tertiary alicyclic amines) is 1. The minimum atomic E-state index is -1.40. The van der Waals surface area contributed by atoms with Gasteiger partial charge in [0.2, 0.25) is 0 Å². The monoisotopic (exact) mass is 699 g/mol. The van der Waals surface area contributed by atoms with E-state index < -0.39 is 49.5 Å². The molecule has 2 aromatic heterocycles. The molecule has 5 rings (SSSR count). The van der Waals surface area contributed by atoms with Crippen molar-refractivity contribution in [2.24, 2.45) is 11.3 Å². The minimum Gasteiger partial charge on any atom is -0.494 e. The van der Waals surface area contributed by atoms with Crippen LogP contribution in [0.15, 0.2) is 18.5 Å². The van der Waals surface area contributed by atoms with E-state index in [0.29, 0.717) is 52.9 Å². The van der Waals surface area contributed by atoms with Crippen molar-refractivity contribution in [2.45, 2.75) is 97.6 Å². The van der Waals surface area contributed by atoms with Crippen molar-refractivity contribution >= 4 is 31.1 Å². The van der Waals surface area contributed by atoms with Crippen LogP contribution in [0.2, 0.25) is 25.7 Å². The number of hydrogen-bond acceptors (Lipinski definition) is 8. The maximum Gasteiger partial charge on any atom is 0.407 e. The maximum absolute atomic E-state index is 15.3. The van der Waals surface area contributed by atoms with Crippen LogP contribution in [-0.2, 0) is 11.5 Å². The Hall–Kier alpha value is -3.75. The summed E-state index contributed by atoms with van der Waals surface area (Å²) in [4.78, 5) is 36.7. The summed E-state index contributed by atoms with van der Waals surface area (Å²) >= 11 is 0. The molecule has 49 heavy (non-hydrogen) atoms. The van der Waals surface area contributed by atoms with Gasteiger partial charge in [-0.15, -0.1) is 0 Å². The van der Waals surface area contributed by atoms with E-state index in [1.54, 1.807) is 6.92 Å². The zero-order chi connectivity index (χ0) is 35.8. The fourth-order valence-corrected chi connectivity index (χ4v) is 7.29. The molecule has 0 spiro atoms. The highest BCUT2D eigenvalue weighted by Crippen LogP contribution is 2.41. The Morgan fingerprint density at radius 1 is 1.12 bits per heavy atom. The number of aliphatic hydroxyl groups is 1. The number of piperidine rings is 1. The first-order chi connectivity index (χ1) is 23.0. The normalized spacial score (nSPS) is 20.0. The van der Waals surface area contributed by atoms with Gasteiger partial charge in [0.15, 0.2) is 11.6 Å². The van der Waals surface area contributed by atoms with Crippen molar-refractivity contribution in [3.63, 3.8) is 0 Å². The molecule has 1 aromatic carbocycles. The number of fused-ring (bicyclic) bond motifs is 1. The van der Waals surface area contributed by atoms with Gasteiger partial charge in [-0.05, 0) is 49.6 Å². The zero-order valence-corrected chi connectivity index (χ0v) is 30.8. The molecule has 1 unspecified atom stereocenters. The number of carbonyl (C=O) groups is 2. The number of benzene rings is 1. The number of nitrogens with one attached hydrogen (secondary N) is 1. The summed E-state index contributed by atoms with van der Waals surface area (Å²) in [5.74, 6) is -0.173. The average molecular weight is 700 g/mol. The maximum atomic E-state index is 15.3. The van der Waals surface area contributed by atoms with E-state index in [-0.39, 0.29) is 31.0 Å². The van der Waals surface area contributed by atoms with Crippen LogP contribution >= 0.6 is 0 Å². The molecule has 1 aliphatic carbocycles. The van der Waals surface area contributed by atoms with Crippen molar-refractivity contribution < 1.29 is 38.4 Å². The number of methoxy groups -OCH3 is 1. The smallest absolute Gasteiger partial charge is 0.407 e. The van der Waals surface area contributed by atoms with Crippen LogP contribution in [-0.4, -0.2) is 94.8 Å². The molecule has 1 aliphatic heterocycles. The molecule has 3 N–H and O–H groups in total. The fourth-order valence-electron chi connectivity index (χ4n) is 6.53. The Balaban J connectivity index is 1.58. The number of carbonyl (C=O) groups excluding carboxylic acids is 1. The molecular formula is C35H50FN5O7Si. The molecule has 1 saturated carbocycles. The van der Waals surface area contributed by atoms with Gasteiger partial charge in [0, 0.05) is 38.5 Å². The summed E-state index contributed by atoms with van der Waals surface area (Å²) in [7, 11) is 0.00263. The summed E-state index contributed by atoms with van der Waals surface area (Å²) in [6.45, 7) is 15.4. The number of ether oxygens (including phenoxy) is 3. The number of halogens is 1. The lowest BCUT2D eigenvalue weighted by Crippen LogP contribution is -2.64. The Morgan fingerprint density at radius 2 is 1.84 bits per heavy atom. The molecule has 2 fully saturated rings. The summed E-state index contributed by atoms with van der Waals surface area (Å²) in [5.41, 5.74) is 1.81. The first kappa shape index (κ1) is 36.5. The number of carboxylic acid groups (broad SMARTS) is 1. The highest BCUT2D eigenvalue weighted by atomic mass is 28.3. The molecule has 2 amide bonds. The van der Waals surface area contributed by atoms with E-state index >= 15 is 4.39 Å². The molecule has 1 saturated heterocycles. The first-order valence-electron chi connectivity index (χ1n) is 16.9. The second-order valence-electron chi connectivity index (χ2n) is 15.5. The third-order valence-electron chi connectivity index (χ3n) is 9.42. The Bertz CT molecular complexity index is 1700. The van der Waals surface area contributed by atoms with Crippen LogP contribution in [0.3, 0.4) is 0 Å². The quantitative estimate of drug-likeness (QED) is 0.155. The molecule has 268 valence electrons. The second-order valence-corrected chi connectivity index (χ2v) is 21.2. The van der Waals surface area contributed by atoms with Gasteiger partial charge >= 0.3 is 6.09 Å². The molecule has 3 heterocycles. The highest BCUT2D eigenvalue weighted by molar-refractivity contribution is 6.76. The average Bonchev–Trinajstić information content (AvgIpc) is 3.80. The van der Waals surface area contributed by atoms with Gasteiger partial charge in [0.1, 0.15) is 30.0 Å². The predicted molar refractivity (Wildman–Crippen MR) is 186 cm³/mol. The lowest BCUT2D eigenvalue weighted by atomic mass is 9.77. The standard InChI is InChI=1S/C35H50FN5O7Si/c1-20-27(33(43)39-24-11-12-40(34(44)45)32(31(24)42)35(2,3)4)29-30(41(20)19-47-13-14-49(6,7)8)28(37-18-38-29)22-15-23(36)26(46-5)16-25(22)48-17-21-9-10-21/h15-16,18,21,24,31-32,42H,9-14,17,19H2,1-8H3,(H,39,43)(H,44,45)/t24-,31-,32?/m1/s1. The lowest BCUT2D eigenvalue weighted by Gasteiger charge is -2.47. The summed E-state index contributed by atoms with van der Waals surface area (Å²) < 4.78 is 34.8. The van der Waals surface area contributed by atoms with Crippen LogP contribution in [0.25, 0.3) is 22.3 Å². The number of aromatic nitrogens is 3. The molecule has 12 nitrogen and oxygen atoms in total. The summed E-state index contributed by atoms with van der Waals surface area (Å²) in [5, 5.41) is 24.3. The van der Waals surface area contributed by atoms with Gasteiger partial charge < -0.3 is 39.2 Å². The fraction of sp³-hybridized carbons (Fsp3) is 0.600. The van der Waals surface area contributed by atoms with Crippen LogP contribution in [0.4, 0.5) is 9.18 Å². The van der Waals surface area contributed by atoms with Crippen molar-refractivity contribution in [3.8, 4) is 22.8 Å². The Labute approximate surface area is 288 Å². The Morgan fingerprint density at radius 3 is 2.45 bits per heavy atom. The predicted octanol–water partition coefficient (Wildman–Crippen LogP) is 5.91. The van der Waals surface area contributed by atoms with Crippen molar-refractivity contribution in [1.29, 1.82) is 0 Å². The lowest BCUT2D eigenvalue weighted by molar-refractivity contribution is -0.0470. The third-order valence-corrected chi connectivity index (χ3v) is 11.1. The van der Waals surface area contributed by atoms with Crippen LogP contribution in [0, 0.1) is 24.1 Å². The van der Waals surface area contributed by atoms with Gasteiger partial charge in [-0.1, -0.05) is 40.4 Å². The van der Waals surface area contributed by atoms with E-state index in [1.807, 2.05) is 25.3 Å². The molecule has 2 aliphatic rings. The number of aliphatic hydroxyl groups excluding tert-OH is 1. The van der Waals surface area contributed by atoms with Crippen LogP contribution in [0.5, 0.6) is 11.5 Å². The van der Waals surface area contributed by atoms with Crippen molar-refractivity contribution in [2.75, 3.05) is 26.9 Å². The van der Waals surface area contributed by atoms with Gasteiger partial charge in [0.05, 0.1) is 43.0 Å². The molecule has 0 radical (unpaired) electrons. The van der Waals surface area contributed by atoms with E-state index in [4.69, 9.17) is 14.2 Å². The molecule has 3 atom stereocenters. The Kier molecular flexibility index (Phi) is 10.6. The van der Waals surface area contributed by atoms with Crippen LogP contribution in [0.1, 0.15) is 56.1 Å². The van der Waals surface area contributed by atoms with Gasteiger partial charge in [-0.2, -0.15) is 0 Å². The van der Waals surface area contributed by atoms with Gasteiger partial charge in [0.25, 0.3) is 5.91 Å². The van der Waals surface area contributed by atoms with E-state index in [0.717, 1.165) is 18.9 Å². The van der Waals surface area contributed by atoms with Crippen LogP contribution < -0.4 is 14.8 Å². The minimum absolute atomic E-state index is 0.0437. The van der Waals surface area contributed by atoms with E-state index in [2.05, 4.69) is 34.9 Å². The second kappa shape index (κ2) is 14.2. The molecule has 0 bridgehead atoms. The SMILES string of the molecule is COc1cc(OCC2CC2)c(-c2ncnc3c(C(=O)N[C@@H]4CCN(C(=O)O)C(C(C)(C)C)[C@@H]4O)c(C)n(COCC[Si](C)(C)C)c23)cc1F. The number of hydrogen-bond donors (Lipinski definition) is 3. The molecule has 3 aromatic rings. The number of amides is 2. The third kappa shape index (κ3) is 8.02. The molecular weight excluding hydrogens is 649 g/mol. The van der Waals surface area contributed by atoms with Crippen molar-refractivity contribution in [3.05, 3.63) is 35.5 Å². The van der Waals surface area contributed by atoms with E-state index in [9.17, 15) is 19.8 Å². The van der Waals surface area contributed by atoms with Crippen molar-refractivity contribution in [1.82, 2.24) is 24.8 Å². The summed E-state index contributed by atoms with van der Waals surface area (Å²) in [6.07, 6.45) is 1.45. The highest BCUT2D eigenvalue weighted by Gasteiger charge is 2.46. The summed E-state index contributed by atoms with van der Waals surface area (Å²) in [6, 6.07) is 2.35. The zero-order valence-electron chi connectivity index (χ0n) is 29.8. The number of rotatable bonds is 12. The van der Waals surface area contributed by atoms with Gasteiger partial charge in [-0.25, -0.2) is 19.2 Å². The number of nitrogens with zero attached hydrogens (tertiary/aromatic N) is 4. The molecule has 14 heteroatoms. The largest absolute Gasteiger partial charge is 0.494 e. The van der Waals surface area contributed by atoms with Gasteiger partial charge in [-0.3, -0.25) is 4.79 Å². The van der Waals surface area contributed by atoms with E-state index in [1.165, 1.54) is 30.5 Å². The first-order valence-corrected chi connectivity index (χ1v) is 20.6.